The quantitative estimate of drug-likeness (QED) is 0.771. The summed E-state index contributed by atoms with van der Waals surface area (Å²) < 4.78 is 0. The second-order valence-corrected chi connectivity index (χ2v) is 5.44. The smallest absolute Gasteiger partial charge is 0.0662 e. The Balaban J connectivity index is 2.42. The minimum absolute atomic E-state index is 0.212. The molecule has 1 N–H and O–H groups in total. The molecule has 1 unspecified atom stereocenters. The summed E-state index contributed by atoms with van der Waals surface area (Å²) >= 11 is 7.50. The zero-order chi connectivity index (χ0) is 12.0. The molecule has 0 saturated carbocycles. The third-order valence-corrected chi connectivity index (χ3v) is 4.19. The maximum absolute atomic E-state index is 9.98. The van der Waals surface area contributed by atoms with Gasteiger partial charge in [0.25, 0.3) is 0 Å². The van der Waals surface area contributed by atoms with Gasteiger partial charge in [0.1, 0.15) is 0 Å². The predicted molar refractivity (Wildman–Crippen MR) is 72.3 cm³/mol. The Bertz CT molecular complexity index is 295. The summed E-state index contributed by atoms with van der Waals surface area (Å²) in [7, 11) is 0. The van der Waals surface area contributed by atoms with E-state index in [2.05, 4.69) is 13.8 Å². The van der Waals surface area contributed by atoms with Gasteiger partial charge in [-0.15, -0.1) is 11.8 Å². The van der Waals surface area contributed by atoms with Gasteiger partial charge in [-0.2, -0.15) is 0 Å². The van der Waals surface area contributed by atoms with E-state index in [4.69, 9.17) is 11.6 Å². The van der Waals surface area contributed by atoms with Crippen molar-refractivity contribution in [2.45, 2.75) is 37.7 Å². The van der Waals surface area contributed by atoms with Crippen LogP contribution in [0.2, 0.25) is 5.02 Å². The van der Waals surface area contributed by atoms with E-state index in [1.165, 1.54) is 0 Å². The first-order valence-corrected chi connectivity index (χ1v) is 7.10. The summed E-state index contributed by atoms with van der Waals surface area (Å²) in [6, 6.07) is 7.75. The Kier molecular flexibility index (Phi) is 6.25. The van der Waals surface area contributed by atoms with Gasteiger partial charge in [-0.3, -0.25) is 0 Å². The van der Waals surface area contributed by atoms with Crippen molar-refractivity contribution in [3.63, 3.8) is 0 Å². The number of rotatable bonds is 6. The number of halogens is 1. The highest BCUT2D eigenvalue weighted by Crippen LogP contribution is 2.24. The van der Waals surface area contributed by atoms with Gasteiger partial charge in [0, 0.05) is 15.7 Å². The van der Waals surface area contributed by atoms with E-state index in [1.54, 1.807) is 11.8 Å². The van der Waals surface area contributed by atoms with Crippen LogP contribution in [0.25, 0.3) is 0 Å². The van der Waals surface area contributed by atoms with Gasteiger partial charge in [-0.25, -0.2) is 0 Å². The molecule has 1 aromatic carbocycles. The molecule has 1 nitrogen and oxygen atoms in total. The van der Waals surface area contributed by atoms with Gasteiger partial charge in [0.15, 0.2) is 0 Å². The maximum Gasteiger partial charge on any atom is 0.0662 e. The zero-order valence-corrected chi connectivity index (χ0v) is 11.4. The highest BCUT2D eigenvalue weighted by molar-refractivity contribution is 7.99. The largest absolute Gasteiger partial charge is 0.392 e. The summed E-state index contributed by atoms with van der Waals surface area (Å²) in [4.78, 5) is 1.16. The van der Waals surface area contributed by atoms with Gasteiger partial charge >= 0.3 is 0 Å². The Hall–Kier alpha value is -0.180. The van der Waals surface area contributed by atoms with Crippen molar-refractivity contribution in [2.24, 2.45) is 5.92 Å². The number of benzene rings is 1. The fourth-order valence-corrected chi connectivity index (χ4v) is 2.77. The molecule has 0 aromatic heterocycles. The molecule has 0 radical (unpaired) electrons. The van der Waals surface area contributed by atoms with E-state index in [9.17, 15) is 5.11 Å². The van der Waals surface area contributed by atoms with Crippen molar-refractivity contribution >= 4 is 23.4 Å². The van der Waals surface area contributed by atoms with E-state index in [1.807, 2.05) is 24.3 Å². The minimum atomic E-state index is -0.212. The molecule has 0 saturated heterocycles. The molecule has 0 aliphatic heterocycles. The summed E-state index contributed by atoms with van der Waals surface area (Å²) in [6.45, 7) is 4.26. The van der Waals surface area contributed by atoms with Crippen molar-refractivity contribution in [3.8, 4) is 0 Å². The van der Waals surface area contributed by atoms with Crippen molar-refractivity contribution in [3.05, 3.63) is 29.3 Å². The first-order valence-electron chi connectivity index (χ1n) is 5.73. The lowest BCUT2D eigenvalue weighted by Gasteiger charge is -2.19. The monoisotopic (exact) mass is 258 g/mol. The number of aliphatic hydroxyl groups excluding tert-OH is 1. The Morgan fingerprint density at radius 2 is 1.75 bits per heavy atom. The molecule has 0 amide bonds. The van der Waals surface area contributed by atoms with Gasteiger partial charge in [-0.1, -0.05) is 38.3 Å². The first kappa shape index (κ1) is 13.9. The van der Waals surface area contributed by atoms with E-state index >= 15 is 0 Å². The Morgan fingerprint density at radius 1 is 1.19 bits per heavy atom. The maximum atomic E-state index is 9.98. The Morgan fingerprint density at radius 3 is 2.25 bits per heavy atom. The highest BCUT2D eigenvalue weighted by Gasteiger charge is 2.15. The first-order chi connectivity index (χ1) is 7.67. The van der Waals surface area contributed by atoms with Gasteiger partial charge in [0.05, 0.1) is 6.10 Å². The normalized spacial score (nSPS) is 13.1. The van der Waals surface area contributed by atoms with Crippen LogP contribution < -0.4 is 0 Å². The van der Waals surface area contributed by atoms with E-state index in [0.717, 1.165) is 28.5 Å². The highest BCUT2D eigenvalue weighted by atomic mass is 35.5. The lowest BCUT2D eigenvalue weighted by atomic mass is 9.98. The van der Waals surface area contributed by atoms with Crippen LogP contribution in [0.5, 0.6) is 0 Å². The minimum Gasteiger partial charge on any atom is -0.392 e. The van der Waals surface area contributed by atoms with E-state index < -0.39 is 0 Å². The molecular weight excluding hydrogens is 240 g/mol. The van der Waals surface area contributed by atoms with Gasteiger partial charge in [-0.05, 0) is 30.2 Å². The van der Waals surface area contributed by atoms with E-state index in [-0.39, 0.29) is 6.10 Å². The fourth-order valence-electron chi connectivity index (χ4n) is 1.68. The predicted octanol–water partition coefficient (Wildman–Crippen LogP) is 4.23. The van der Waals surface area contributed by atoms with Crippen molar-refractivity contribution in [1.82, 2.24) is 0 Å². The summed E-state index contributed by atoms with van der Waals surface area (Å²) in [5.41, 5.74) is 0. The molecule has 1 atom stereocenters. The molecule has 16 heavy (non-hydrogen) atoms. The third kappa shape index (κ3) is 4.36. The topological polar surface area (TPSA) is 20.2 Å². The third-order valence-electron chi connectivity index (χ3n) is 2.83. The summed E-state index contributed by atoms with van der Waals surface area (Å²) in [5, 5.41) is 10.7. The number of aliphatic hydroxyl groups is 1. The number of hydrogen-bond donors (Lipinski definition) is 1. The summed E-state index contributed by atoms with van der Waals surface area (Å²) in [6.07, 6.45) is 1.87. The molecule has 1 aromatic rings. The average molecular weight is 259 g/mol. The van der Waals surface area contributed by atoms with Crippen LogP contribution in [0.4, 0.5) is 0 Å². The average Bonchev–Trinajstić information content (AvgIpc) is 2.30. The standard InChI is InChI=1S/C13H19ClOS/c1-3-10(4-2)13(15)9-16-12-7-5-11(14)6-8-12/h5-8,10,13,15H,3-4,9H2,1-2H3. The summed E-state index contributed by atoms with van der Waals surface area (Å²) in [5.74, 6) is 1.17. The lowest BCUT2D eigenvalue weighted by molar-refractivity contribution is 0.125. The lowest BCUT2D eigenvalue weighted by Crippen LogP contribution is -2.21. The zero-order valence-electron chi connectivity index (χ0n) is 9.82. The molecule has 0 aliphatic carbocycles. The van der Waals surface area contributed by atoms with Crippen LogP contribution in [0.15, 0.2) is 29.2 Å². The number of thioether (sulfide) groups is 1. The van der Waals surface area contributed by atoms with Crippen molar-refractivity contribution in [2.75, 3.05) is 5.75 Å². The molecule has 90 valence electrons. The Labute approximate surface area is 107 Å². The van der Waals surface area contributed by atoms with Gasteiger partial charge in [0.2, 0.25) is 0 Å². The molecular formula is C13H19ClOS. The van der Waals surface area contributed by atoms with Crippen molar-refractivity contribution in [1.29, 1.82) is 0 Å². The van der Waals surface area contributed by atoms with Gasteiger partial charge < -0.3 is 5.11 Å². The molecule has 1 rings (SSSR count). The molecule has 0 fully saturated rings. The van der Waals surface area contributed by atoms with Crippen LogP contribution in [0.3, 0.4) is 0 Å². The fraction of sp³-hybridized carbons (Fsp3) is 0.538. The number of hydrogen-bond acceptors (Lipinski definition) is 2. The SMILES string of the molecule is CCC(CC)C(O)CSc1ccc(Cl)cc1. The van der Waals surface area contributed by atoms with Crippen LogP contribution in [0.1, 0.15) is 26.7 Å². The molecule has 0 aliphatic rings. The molecule has 0 bridgehead atoms. The van der Waals surface area contributed by atoms with E-state index in [0.29, 0.717) is 5.92 Å². The van der Waals surface area contributed by atoms with Crippen molar-refractivity contribution < 1.29 is 5.11 Å². The molecule has 0 spiro atoms. The van der Waals surface area contributed by atoms with Crippen LogP contribution in [-0.2, 0) is 0 Å². The second-order valence-electron chi connectivity index (χ2n) is 3.91. The molecule has 3 heteroatoms. The van der Waals surface area contributed by atoms with Crippen LogP contribution in [0, 0.1) is 5.92 Å². The van der Waals surface area contributed by atoms with Crippen LogP contribution in [-0.4, -0.2) is 17.0 Å². The second kappa shape index (κ2) is 7.21. The van der Waals surface area contributed by atoms with Crippen LogP contribution >= 0.6 is 23.4 Å². The molecule has 0 heterocycles.